The van der Waals surface area contributed by atoms with E-state index in [1.807, 2.05) is 0 Å². The van der Waals surface area contributed by atoms with Gasteiger partial charge in [0.2, 0.25) is 9.84 Å². The van der Waals surface area contributed by atoms with Crippen molar-refractivity contribution < 1.29 is 22.0 Å². The van der Waals surface area contributed by atoms with Crippen LogP contribution in [-0.2, 0) is 9.84 Å². The standard InChI is InChI=1S/C12H16F2N2O3S/c1-8(15)6-7-16-11(17)9-2-4-10(5-3-9)20(18,19)12(13)14/h2-5,8,12H,6-7,15H2,1H3,(H,16,17). The van der Waals surface area contributed by atoms with Crippen molar-refractivity contribution in [1.82, 2.24) is 5.32 Å². The summed E-state index contributed by atoms with van der Waals surface area (Å²) in [5, 5.41) is 2.59. The Morgan fingerprint density at radius 1 is 1.30 bits per heavy atom. The molecule has 1 aromatic rings. The maximum Gasteiger partial charge on any atom is 0.341 e. The van der Waals surface area contributed by atoms with E-state index in [4.69, 9.17) is 5.73 Å². The number of benzene rings is 1. The molecule has 0 spiro atoms. The van der Waals surface area contributed by atoms with Gasteiger partial charge in [-0.15, -0.1) is 0 Å². The minimum absolute atomic E-state index is 0.0474. The fourth-order valence-electron chi connectivity index (χ4n) is 1.41. The lowest BCUT2D eigenvalue weighted by atomic mass is 10.2. The van der Waals surface area contributed by atoms with Crippen molar-refractivity contribution in [2.75, 3.05) is 6.54 Å². The van der Waals surface area contributed by atoms with E-state index in [2.05, 4.69) is 5.32 Å². The molecule has 3 N–H and O–H groups in total. The Morgan fingerprint density at radius 2 is 1.85 bits per heavy atom. The van der Waals surface area contributed by atoms with Gasteiger partial charge in [-0.3, -0.25) is 4.79 Å². The van der Waals surface area contributed by atoms with Crippen LogP contribution in [-0.4, -0.2) is 32.7 Å². The number of hydrogen-bond acceptors (Lipinski definition) is 4. The van der Waals surface area contributed by atoms with E-state index in [0.29, 0.717) is 13.0 Å². The summed E-state index contributed by atoms with van der Waals surface area (Å²) in [4.78, 5) is 11.2. The van der Waals surface area contributed by atoms with Gasteiger partial charge in [0.1, 0.15) is 0 Å². The summed E-state index contributed by atoms with van der Waals surface area (Å²) in [7, 11) is -4.63. The number of nitrogens with one attached hydrogen (secondary N) is 1. The highest BCUT2D eigenvalue weighted by molar-refractivity contribution is 7.91. The molecule has 1 rings (SSSR count). The molecule has 1 atom stereocenters. The second kappa shape index (κ2) is 6.76. The maximum atomic E-state index is 12.3. The minimum Gasteiger partial charge on any atom is -0.352 e. The lowest BCUT2D eigenvalue weighted by Crippen LogP contribution is -2.28. The van der Waals surface area contributed by atoms with Crippen molar-refractivity contribution >= 4 is 15.7 Å². The zero-order valence-electron chi connectivity index (χ0n) is 10.8. The van der Waals surface area contributed by atoms with Gasteiger partial charge in [-0.1, -0.05) is 0 Å². The van der Waals surface area contributed by atoms with Gasteiger partial charge in [0, 0.05) is 18.2 Å². The molecule has 112 valence electrons. The molecule has 1 unspecified atom stereocenters. The summed E-state index contributed by atoms with van der Waals surface area (Å²) < 4.78 is 47.0. The largest absolute Gasteiger partial charge is 0.352 e. The number of alkyl halides is 2. The van der Waals surface area contributed by atoms with E-state index in [1.54, 1.807) is 6.92 Å². The molecule has 0 bridgehead atoms. The third-order valence-corrected chi connectivity index (χ3v) is 3.96. The predicted molar refractivity (Wildman–Crippen MR) is 70.2 cm³/mol. The van der Waals surface area contributed by atoms with Crippen molar-refractivity contribution in [3.05, 3.63) is 29.8 Å². The molecule has 0 saturated heterocycles. The highest BCUT2D eigenvalue weighted by Gasteiger charge is 2.26. The lowest BCUT2D eigenvalue weighted by Gasteiger charge is -2.08. The molecule has 5 nitrogen and oxygen atoms in total. The van der Waals surface area contributed by atoms with Gasteiger partial charge >= 0.3 is 5.76 Å². The van der Waals surface area contributed by atoms with Crippen molar-refractivity contribution in [3.63, 3.8) is 0 Å². The van der Waals surface area contributed by atoms with Crippen LogP contribution in [0.3, 0.4) is 0 Å². The maximum absolute atomic E-state index is 12.3. The van der Waals surface area contributed by atoms with Crippen molar-refractivity contribution in [3.8, 4) is 0 Å². The summed E-state index contributed by atoms with van der Waals surface area (Å²) >= 11 is 0. The molecule has 0 fully saturated rings. The normalized spacial score (nSPS) is 13.2. The molecule has 0 radical (unpaired) electrons. The van der Waals surface area contributed by atoms with Crippen LogP contribution >= 0.6 is 0 Å². The van der Waals surface area contributed by atoms with Crippen molar-refractivity contribution in [1.29, 1.82) is 0 Å². The highest BCUT2D eigenvalue weighted by atomic mass is 32.2. The number of nitrogens with two attached hydrogens (primary N) is 1. The first-order valence-electron chi connectivity index (χ1n) is 5.91. The zero-order valence-corrected chi connectivity index (χ0v) is 11.7. The van der Waals surface area contributed by atoms with Crippen LogP contribution in [0.2, 0.25) is 0 Å². The number of halogens is 2. The summed E-state index contributed by atoms with van der Waals surface area (Å²) in [6.45, 7) is 2.18. The Kier molecular flexibility index (Phi) is 5.58. The summed E-state index contributed by atoms with van der Waals surface area (Å²) in [5.74, 6) is -3.89. The minimum atomic E-state index is -4.63. The van der Waals surface area contributed by atoms with Crippen LogP contribution in [0.15, 0.2) is 29.2 Å². The Morgan fingerprint density at radius 3 is 2.30 bits per heavy atom. The van der Waals surface area contributed by atoms with Gasteiger partial charge in [-0.2, -0.15) is 8.78 Å². The molecule has 0 aromatic heterocycles. The monoisotopic (exact) mass is 306 g/mol. The number of rotatable bonds is 6. The molecule has 20 heavy (non-hydrogen) atoms. The molecule has 8 heteroatoms. The van der Waals surface area contributed by atoms with E-state index >= 15 is 0 Å². The molecular formula is C12H16F2N2O3S. The quantitative estimate of drug-likeness (QED) is 0.825. The molecule has 0 aliphatic carbocycles. The van der Waals surface area contributed by atoms with Crippen LogP contribution < -0.4 is 11.1 Å². The first kappa shape index (κ1) is 16.5. The first-order chi connectivity index (χ1) is 9.25. The average molecular weight is 306 g/mol. The van der Waals surface area contributed by atoms with Gasteiger partial charge in [-0.25, -0.2) is 8.42 Å². The molecule has 0 heterocycles. The topological polar surface area (TPSA) is 89.3 Å². The Labute approximate surface area is 116 Å². The Balaban J connectivity index is 2.74. The Bertz CT molecular complexity index is 557. The summed E-state index contributed by atoms with van der Waals surface area (Å²) in [5.41, 5.74) is 5.72. The van der Waals surface area contributed by atoms with E-state index in [1.165, 1.54) is 12.1 Å². The first-order valence-corrected chi connectivity index (χ1v) is 7.45. The van der Waals surface area contributed by atoms with Crippen LogP contribution in [0.1, 0.15) is 23.7 Å². The Hall–Kier alpha value is -1.54. The van der Waals surface area contributed by atoms with Gasteiger partial charge in [0.05, 0.1) is 4.90 Å². The second-order valence-electron chi connectivity index (χ2n) is 4.35. The smallest absolute Gasteiger partial charge is 0.341 e. The van der Waals surface area contributed by atoms with E-state index in [9.17, 15) is 22.0 Å². The number of carbonyl (C=O) groups is 1. The number of carbonyl (C=O) groups excluding carboxylic acids is 1. The molecule has 0 aliphatic heterocycles. The van der Waals surface area contributed by atoms with Gasteiger partial charge in [-0.05, 0) is 37.6 Å². The molecule has 0 aliphatic rings. The lowest BCUT2D eigenvalue weighted by molar-refractivity contribution is 0.0952. The fourth-order valence-corrected chi connectivity index (χ4v) is 2.14. The molecular weight excluding hydrogens is 290 g/mol. The number of sulfone groups is 1. The van der Waals surface area contributed by atoms with Crippen molar-refractivity contribution in [2.45, 2.75) is 30.0 Å². The number of amides is 1. The SMILES string of the molecule is CC(N)CCNC(=O)c1ccc(S(=O)(=O)C(F)F)cc1. The molecule has 1 amide bonds. The average Bonchev–Trinajstić information content (AvgIpc) is 2.38. The van der Waals surface area contributed by atoms with Gasteiger partial charge in [0.15, 0.2) is 0 Å². The summed E-state index contributed by atoms with van der Waals surface area (Å²) in [6.07, 6.45) is 0.601. The van der Waals surface area contributed by atoms with E-state index in [-0.39, 0.29) is 11.6 Å². The van der Waals surface area contributed by atoms with Gasteiger partial charge in [0.25, 0.3) is 5.91 Å². The fraction of sp³-hybridized carbons (Fsp3) is 0.417. The van der Waals surface area contributed by atoms with E-state index in [0.717, 1.165) is 12.1 Å². The summed E-state index contributed by atoms with van der Waals surface area (Å²) in [6, 6.07) is 4.31. The van der Waals surface area contributed by atoms with E-state index < -0.39 is 26.4 Å². The van der Waals surface area contributed by atoms with Crippen LogP contribution in [0, 0.1) is 0 Å². The van der Waals surface area contributed by atoms with Crippen LogP contribution in [0.5, 0.6) is 0 Å². The molecule has 0 saturated carbocycles. The third-order valence-electron chi connectivity index (χ3n) is 2.56. The third kappa shape index (κ3) is 4.24. The van der Waals surface area contributed by atoms with Crippen LogP contribution in [0.4, 0.5) is 8.78 Å². The predicted octanol–water partition coefficient (Wildman–Crippen LogP) is 1.15. The van der Waals surface area contributed by atoms with Crippen LogP contribution in [0.25, 0.3) is 0 Å². The zero-order chi connectivity index (χ0) is 15.3. The number of hydrogen-bond donors (Lipinski definition) is 2. The van der Waals surface area contributed by atoms with Crippen molar-refractivity contribution in [2.24, 2.45) is 5.73 Å². The van der Waals surface area contributed by atoms with Gasteiger partial charge < -0.3 is 11.1 Å². The molecule has 1 aromatic carbocycles. The highest BCUT2D eigenvalue weighted by Crippen LogP contribution is 2.18. The second-order valence-corrected chi connectivity index (χ2v) is 6.27.